The Kier molecular flexibility index (Phi) is 12.3. The topological polar surface area (TPSA) is 208 Å². The van der Waals surface area contributed by atoms with Gasteiger partial charge in [-0.3, -0.25) is 48.9 Å². The number of methoxy groups -OCH3 is 1. The molecule has 0 spiro atoms. The van der Waals surface area contributed by atoms with Crippen molar-refractivity contribution in [1.82, 2.24) is 30.0 Å². The predicted octanol–water partition coefficient (Wildman–Crippen LogP) is 5.44. The number of nitrogens with zero attached hydrogens (tertiary/aromatic N) is 6. The maximum Gasteiger partial charge on any atom is 0.256 e. The van der Waals surface area contributed by atoms with Crippen molar-refractivity contribution in [2.45, 2.75) is 69.6 Å². The van der Waals surface area contributed by atoms with Crippen LogP contribution < -0.4 is 35.6 Å². The Hall–Kier alpha value is -7.58. The molecule has 6 aliphatic heterocycles. The largest absolute Gasteiger partial charge is 0.494 e. The molecule has 2 bridgehead atoms. The zero-order valence-corrected chi connectivity index (χ0v) is 39.4. The number of piperidine rings is 3. The van der Waals surface area contributed by atoms with Crippen LogP contribution in [0.2, 0.25) is 0 Å². The third kappa shape index (κ3) is 9.04. The van der Waals surface area contributed by atoms with Crippen LogP contribution >= 0.6 is 0 Å². The molecule has 5 saturated heterocycles. The number of imide groups is 1. The Morgan fingerprint density at radius 2 is 1.54 bits per heavy atom. The smallest absolute Gasteiger partial charge is 0.256 e. The minimum atomic E-state index is -1.22. The zero-order chi connectivity index (χ0) is 49.8. The summed E-state index contributed by atoms with van der Waals surface area (Å²) in [5, 5.41) is 11.1. The van der Waals surface area contributed by atoms with Crippen molar-refractivity contribution in [3.8, 4) is 17.2 Å². The number of anilines is 4. The van der Waals surface area contributed by atoms with Crippen molar-refractivity contribution in [2.75, 3.05) is 67.2 Å². The number of halogens is 2. The van der Waals surface area contributed by atoms with E-state index in [-0.39, 0.29) is 49.2 Å². The molecule has 8 heterocycles. The first-order valence-corrected chi connectivity index (χ1v) is 24.3. The summed E-state index contributed by atoms with van der Waals surface area (Å²) in [4.78, 5) is 93.5. The molecule has 72 heavy (non-hydrogen) atoms. The van der Waals surface area contributed by atoms with E-state index in [1.807, 2.05) is 4.90 Å². The van der Waals surface area contributed by atoms with Crippen molar-refractivity contribution in [3.05, 3.63) is 102 Å². The SMILES string of the molecule is COc1cc2c(Oc3ccc(NC(=O)C4(C(=O)Nc5ccc(F)cc5)CC4)cc3)ccnc2c(F)c1N1CCC(CN2C3CC2CN(CC(=O)Nc2cc4c(cn2)C(=O)N(C2CCC(=O)NC2=O)C4)C3)CC1. The molecule has 3 aromatic carbocycles. The number of amides is 6. The van der Waals surface area contributed by atoms with Crippen LogP contribution in [-0.4, -0.2) is 125 Å². The van der Waals surface area contributed by atoms with Gasteiger partial charge in [0.2, 0.25) is 29.5 Å². The van der Waals surface area contributed by atoms with Gasteiger partial charge in [0.25, 0.3) is 5.91 Å². The molecule has 1 saturated carbocycles. The number of pyridine rings is 2. The molecule has 3 unspecified atom stereocenters. The van der Waals surface area contributed by atoms with E-state index in [4.69, 9.17) is 9.47 Å². The van der Waals surface area contributed by atoms with E-state index in [0.29, 0.717) is 101 Å². The standard InChI is InChI=1S/C52H52F2N10O8/c1-71-41-22-37-40(72-36-8-6-33(7-9-36)58-51(70)52(15-16-52)50(69)57-32-4-2-31(53)3-5-32)12-17-55-46(37)45(54)47(41)62-18-13-29(14-19-62)24-63-34-21-35(63)27-61(26-34)28-44(66)59-42-20-30-25-64(49(68)38(30)23-56-42)39-10-11-43(65)60-48(39)67/h2-9,12,17,20,22-23,29,34-35,39H,10-11,13-16,18-19,21,24-28H2,1H3,(H,57,69)(H,58,70)(H,56,59,66)(H,60,65,67). The highest BCUT2D eigenvalue weighted by atomic mass is 19.1. The molecule has 3 atom stereocenters. The third-order valence-electron chi connectivity index (χ3n) is 15.0. The molecule has 18 nitrogen and oxygen atoms in total. The lowest BCUT2D eigenvalue weighted by Crippen LogP contribution is -2.69. The predicted molar refractivity (Wildman–Crippen MR) is 259 cm³/mol. The van der Waals surface area contributed by atoms with Crippen LogP contribution in [0, 0.1) is 23.0 Å². The highest BCUT2D eigenvalue weighted by Crippen LogP contribution is 2.48. The van der Waals surface area contributed by atoms with E-state index < -0.39 is 40.8 Å². The van der Waals surface area contributed by atoms with E-state index in [1.165, 1.54) is 48.7 Å². The first-order chi connectivity index (χ1) is 34.8. The number of fused-ring (bicyclic) bond motifs is 4. The van der Waals surface area contributed by atoms with Crippen LogP contribution in [0.5, 0.6) is 17.2 Å². The summed E-state index contributed by atoms with van der Waals surface area (Å²) >= 11 is 0. The molecule has 6 amide bonds. The summed E-state index contributed by atoms with van der Waals surface area (Å²) in [5.74, 6) is -1.25. The van der Waals surface area contributed by atoms with E-state index in [0.717, 1.165) is 38.9 Å². The van der Waals surface area contributed by atoms with Gasteiger partial charge in [0.05, 0.1) is 19.2 Å². The number of benzene rings is 3. The molecular formula is C52H52F2N10O8. The molecule has 2 aromatic heterocycles. The Bertz CT molecular complexity index is 3010. The lowest BCUT2D eigenvalue weighted by molar-refractivity contribution is -0.137. The van der Waals surface area contributed by atoms with Crippen LogP contribution in [-0.2, 0) is 30.5 Å². The second kappa shape index (κ2) is 18.9. The van der Waals surface area contributed by atoms with Crippen molar-refractivity contribution >= 4 is 69.2 Å². The molecule has 4 N–H and O–H groups in total. The number of piperazine rings is 1. The van der Waals surface area contributed by atoms with E-state index in [2.05, 4.69) is 41.0 Å². The first-order valence-electron chi connectivity index (χ1n) is 24.3. The average molecular weight is 983 g/mol. The quantitative estimate of drug-likeness (QED) is 0.0809. The summed E-state index contributed by atoms with van der Waals surface area (Å²) in [5.41, 5.74) is 1.20. The average Bonchev–Trinajstić information content (AvgIpc) is 4.13. The van der Waals surface area contributed by atoms with Gasteiger partial charge in [0.15, 0.2) is 5.82 Å². The Morgan fingerprint density at radius 1 is 0.847 bits per heavy atom. The summed E-state index contributed by atoms with van der Waals surface area (Å²) in [6.45, 7) is 4.14. The monoisotopic (exact) mass is 982 g/mol. The number of carbonyl (C=O) groups excluding carboxylic acids is 6. The van der Waals surface area contributed by atoms with Gasteiger partial charge in [-0.15, -0.1) is 0 Å². The normalized spacial score (nSPS) is 21.7. The Labute approximate surface area is 412 Å². The highest BCUT2D eigenvalue weighted by Gasteiger charge is 2.56. The number of hydrogen-bond donors (Lipinski definition) is 4. The molecule has 6 fully saturated rings. The van der Waals surface area contributed by atoms with E-state index in [9.17, 15) is 33.2 Å². The molecule has 12 rings (SSSR count). The molecule has 5 aromatic rings. The lowest BCUT2D eigenvalue weighted by Gasteiger charge is -2.57. The molecule has 0 radical (unpaired) electrons. The molecule has 7 aliphatic rings. The van der Waals surface area contributed by atoms with Gasteiger partial charge >= 0.3 is 0 Å². The summed E-state index contributed by atoms with van der Waals surface area (Å²) in [6, 6.07) is 17.0. The van der Waals surface area contributed by atoms with Crippen LogP contribution in [0.4, 0.5) is 31.7 Å². The maximum absolute atomic E-state index is 16.6. The fourth-order valence-corrected chi connectivity index (χ4v) is 10.9. The molecular weight excluding hydrogens is 931 g/mol. The van der Waals surface area contributed by atoms with Crippen molar-refractivity contribution in [1.29, 1.82) is 0 Å². The fraction of sp³-hybridized carbons (Fsp3) is 0.385. The van der Waals surface area contributed by atoms with Gasteiger partial charge < -0.3 is 35.2 Å². The second-order valence-electron chi connectivity index (χ2n) is 19.6. The third-order valence-corrected chi connectivity index (χ3v) is 15.0. The number of carbonyl (C=O) groups is 6. The van der Waals surface area contributed by atoms with Gasteiger partial charge in [-0.25, -0.2) is 13.8 Å². The van der Waals surface area contributed by atoms with Gasteiger partial charge in [-0.1, -0.05) is 0 Å². The van der Waals surface area contributed by atoms with Crippen molar-refractivity contribution in [2.24, 2.45) is 11.3 Å². The number of rotatable bonds is 14. The number of aromatic nitrogens is 2. The van der Waals surface area contributed by atoms with Crippen LogP contribution in [0.15, 0.2) is 79.1 Å². The highest BCUT2D eigenvalue weighted by molar-refractivity contribution is 6.17. The number of hydrogen-bond acceptors (Lipinski definition) is 13. The zero-order valence-electron chi connectivity index (χ0n) is 39.4. The van der Waals surface area contributed by atoms with Gasteiger partial charge in [-0.2, -0.15) is 0 Å². The van der Waals surface area contributed by atoms with Gasteiger partial charge in [0.1, 0.15) is 51.5 Å². The number of nitrogens with one attached hydrogen (secondary N) is 4. The van der Waals surface area contributed by atoms with Crippen molar-refractivity contribution in [3.63, 3.8) is 0 Å². The summed E-state index contributed by atoms with van der Waals surface area (Å²) in [7, 11) is 1.52. The second-order valence-corrected chi connectivity index (χ2v) is 19.6. The summed E-state index contributed by atoms with van der Waals surface area (Å²) < 4.78 is 42.0. The van der Waals surface area contributed by atoms with Gasteiger partial charge in [0, 0.05) is 86.9 Å². The minimum absolute atomic E-state index is 0.146. The Morgan fingerprint density at radius 3 is 2.21 bits per heavy atom. The number of ether oxygens (including phenoxy) is 2. The van der Waals surface area contributed by atoms with Gasteiger partial charge in [-0.05, 0) is 117 Å². The van der Waals surface area contributed by atoms with Crippen molar-refractivity contribution < 1.29 is 47.0 Å². The fourth-order valence-electron chi connectivity index (χ4n) is 10.9. The molecule has 1 aliphatic carbocycles. The molecule has 20 heteroatoms. The van der Waals surface area contributed by atoms with E-state index >= 15 is 4.39 Å². The lowest BCUT2D eigenvalue weighted by atomic mass is 9.84. The van der Waals surface area contributed by atoms with Crippen LogP contribution in [0.1, 0.15) is 60.9 Å². The first kappa shape index (κ1) is 46.8. The van der Waals surface area contributed by atoms with E-state index in [1.54, 1.807) is 42.5 Å². The van der Waals surface area contributed by atoms with Crippen LogP contribution in [0.25, 0.3) is 10.9 Å². The van der Waals surface area contributed by atoms with Crippen LogP contribution in [0.3, 0.4) is 0 Å². The minimum Gasteiger partial charge on any atom is -0.494 e. The Balaban J connectivity index is 0.657. The summed E-state index contributed by atoms with van der Waals surface area (Å²) in [6.07, 6.45) is 6.94. The maximum atomic E-state index is 16.6. The molecule has 372 valence electrons.